The minimum absolute atomic E-state index is 0.102. The number of ether oxygens (including phenoxy) is 2. The Bertz CT molecular complexity index is 1390. The molecule has 2 amide bonds. The van der Waals surface area contributed by atoms with Crippen molar-refractivity contribution in [3.8, 4) is 23.3 Å². The Labute approximate surface area is 224 Å². The molecule has 12 heteroatoms. The number of amides is 2. The van der Waals surface area contributed by atoms with Crippen LogP contribution < -0.4 is 31.0 Å². The second-order valence-corrected chi connectivity index (χ2v) is 9.48. The van der Waals surface area contributed by atoms with Crippen LogP contribution in [0.3, 0.4) is 0 Å². The molecule has 2 aliphatic heterocycles. The zero-order chi connectivity index (χ0) is 27.8. The third-order valence-electron chi connectivity index (χ3n) is 7.00. The highest BCUT2D eigenvalue weighted by Gasteiger charge is 2.41. The maximum Gasteiger partial charge on any atom is 0.255 e. The summed E-state index contributed by atoms with van der Waals surface area (Å²) in [6.45, 7) is 4.40. The molecule has 1 saturated heterocycles. The van der Waals surface area contributed by atoms with E-state index in [9.17, 15) is 18.4 Å². The Morgan fingerprint density at radius 2 is 1.92 bits per heavy atom. The Morgan fingerprint density at radius 3 is 2.54 bits per heavy atom. The summed E-state index contributed by atoms with van der Waals surface area (Å²) in [4.78, 5) is 31.3. The Morgan fingerprint density at radius 1 is 1.23 bits per heavy atom. The topological polar surface area (TPSA) is 122 Å². The van der Waals surface area contributed by atoms with Gasteiger partial charge in [0.1, 0.15) is 17.4 Å². The van der Waals surface area contributed by atoms with E-state index in [0.717, 1.165) is 18.9 Å². The molecule has 4 N–H and O–H groups in total. The summed E-state index contributed by atoms with van der Waals surface area (Å²) in [5.41, 5.74) is 10.2. The molecule has 0 bridgehead atoms. The summed E-state index contributed by atoms with van der Waals surface area (Å²) in [6.07, 6.45) is 5.05. The number of methoxy groups -OCH3 is 2. The highest BCUT2D eigenvalue weighted by Crippen LogP contribution is 2.41. The van der Waals surface area contributed by atoms with Gasteiger partial charge in [-0.05, 0) is 25.3 Å². The van der Waals surface area contributed by atoms with E-state index in [4.69, 9.17) is 15.2 Å². The highest BCUT2D eigenvalue weighted by atomic mass is 19.1. The number of rotatable bonds is 6. The zero-order valence-corrected chi connectivity index (χ0v) is 21.5. The van der Waals surface area contributed by atoms with E-state index in [2.05, 4.69) is 34.1 Å². The third kappa shape index (κ3) is 4.81. The quantitative estimate of drug-likeness (QED) is 0.378. The normalized spacial score (nSPS) is 19.7. The zero-order valence-electron chi connectivity index (χ0n) is 21.5. The van der Waals surface area contributed by atoms with Gasteiger partial charge >= 0.3 is 0 Å². The molecule has 2 fully saturated rings. The lowest BCUT2D eigenvalue weighted by Gasteiger charge is -2.28. The molecule has 0 radical (unpaired) electrons. The molecular formula is C27H28F2N6O4. The lowest BCUT2D eigenvalue weighted by atomic mass is 10.0. The fourth-order valence-corrected chi connectivity index (χ4v) is 4.81. The monoisotopic (exact) mass is 538 g/mol. The minimum Gasteiger partial charge on any atom is -0.493 e. The third-order valence-corrected chi connectivity index (χ3v) is 7.00. The van der Waals surface area contributed by atoms with Gasteiger partial charge in [-0.1, -0.05) is 18.4 Å². The van der Waals surface area contributed by atoms with Crippen molar-refractivity contribution in [3.63, 3.8) is 0 Å². The first-order chi connectivity index (χ1) is 18.8. The van der Waals surface area contributed by atoms with Crippen LogP contribution in [0.2, 0.25) is 0 Å². The van der Waals surface area contributed by atoms with Crippen molar-refractivity contribution in [2.45, 2.75) is 37.4 Å². The number of anilines is 2. The number of hydrogen-bond donors (Lipinski definition) is 3. The lowest BCUT2D eigenvalue weighted by Crippen LogP contribution is -2.45. The smallest absolute Gasteiger partial charge is 0.255 e. The van der Waals surface area contributed by atoms with Crippen molar-refractivity contribution in [1.29, 1.82) is 0 Å². The summed E-state index contributed by atoms with van der Waals surface area (Å²) in [7, 11) is 2.50. The predicted molar refractivity (Wildman–Crippen MR) is 139 cm³/mol. The summed E-state index contributed by atoms with van der Waals surface area (Å²) in [5.74, 6) is 2.62. The molecule has 5 rings (SSSR count). The van der Waals surface area contributed by atoms with Crippen molar-refractivity contribution >= 4 is 23.3 Å². The molecule has 204 valence electrons. The Hall–Kier alpha value is -4.37. The number of carbonyl (C=O) groups is 2. The van der Waals surface area contributed by atoms with Crippen molar-refractivity contribution < 1.29 is 27.8 Å². The van der Waals surface area contributed by atoms with Crippen LogP contribution in [0.25, 0.3) is 0 Å². The number of hydrazine groups is 1. The standard InChI is InChI=1S/C27H28F2N6O4/c1-4-21(36)34-10-9-15(13-34)35-25-17(27(37)32-14-5-6-14)12-31-26(30)22(25)18(33-35)8-7-16-23(28)19(38-2)11-20(39-3)24(16)29/h4,11-12,14-15,18,33H,1,5-6,9-10,13H2,2-3H3,(H2,30,31)(H,32,37)/t15?,18-/m0/s1. The molecule has 10 nitrogen and oxygen atoms in total. The number of fused-ring (bicyclic) bond motifs is 1. The molecule has 1 saturated carbocycles. The summed E-state index contributed by atoms with van der Waals surface area (Å²) < 4.78 is 40.0. The number of aromatic nitrogens is 1. The average Bonchev–Trinajstić information content (AvgIpc) is 3.45. The number of hydrogen-bond acceptors (Lipinski definition) is 8. The first-order valence-electron chi connectivity index (χ1n) is 12.4. The van der Waals surface area contributed by atoms with Crippen LogP contribution in [-0.4, -0.2) is 61.1 Å². The first-order valence-corrected chi connectivity index (χ1v) is 12.4. The summed E-state index contributed by atoms with van der Waals surface area (Å²) >= 11 is 0. The Kier molecular flexibility index (Phi) is 7.01. The van der Waals surface area contributed by atoms with Crippen LogP contribution >= 0.6 is 0 Å². The van der Waals surface area contributed by atoms with Gasteiger partial charge in [-0.3, -0.25) is 9.59 Å². The molecule has 39 heavy (non-hydrogen) atoms. The maximum absolute atomic E-state index is 15.0. The van der Waals surface area contributed by atoms with Gasteiger partial charge < -0.3 is 30.4 Å². The van der Waals surface area contributed by atoms with Gasteiger partial charge in [-0.15, -0.1) is 0 Å². The van der Waals surface area contributed by atoms with E-state index < -0.39 is 23.2 Å². The van der Waals surface area contributed by atoms with Gasteiger partial charge in [0.05, 0.1) is 37.1 Å². The van der Waals surface area contributed by atoms with Crippen LogP contribution in [0.1, 0.15) is 46.8 Å². The van der Waals surface area contributed by atoms with E-state index in [1.54, 1.807) is 9.91 Å². The van der Waals surface area contributed by atoms with E-state index in [1.165, 1.54) is 26.5 Å². The van der Waals surface area contributed by atoms with Crippen LogP contribution in [0.15, 0.2) is 24.9 Å². The molecule has 3 heterocycles. The number of nitrogens with zero attached hydrogens (tertiary/aromatic N) is 3. The molecular weight excluding hydrogens is 510 g/mol. The fraction of sp³-hybridized carbons (Fsp3) is 0.370. The van der Waals surface area contributed by atoms with Gasteiger partial charge in [0, 0.05) is 31.4 Å². The molecule has 1 aromatic heterocycles. The van der Waals surface area contributed by atoms with E-state index in [1.807, 2.05) is 0 Å². The van der Waals surface area contributed by atoms with Gasteiger partial charge in [0.2, 0.25) is 5.91 Å². The molecule has 3 aliphatic rings. The van der Waals surface area contributed by atoms with Crippen molar-refractivity contribution in [3.05, 3.63) is 53.2 Å². The van der Waals surface area contributed by atoms with Crippen molar-refractivity contribution in [1.82, 2.24) is 20.6 Å². The number of carbonyl (C=O) groups excluding carboxylic acids is 2. The second-order valence-electron chi connectivity index (χ2n) is 9.48. The van der Waals surface area contributed by atoms with Crippen molar-refractivity contribution in [2.24, 2.45) is 0 Å². The molecule has 1 aliphatic carbocycles. The van der Waals surface area contributed by atoms with Gasteiger partial charge in [-0.25, -0.2) is 19.2 Å². The first kappa shape index (κ1) is 26.2. The van der Waals surface area contributed by atoms with Gasteiger partial charge in [-0.2, -0.15) is 0 Å². The summed E-state index contributed by atoms with van der Waals surface area (Å²) in [5, 5.41) is 4.73. The van der Waals surface area contributed by atoms with Gasteiger partial charge in [0.25, 0.3) is 5.91 Å². The number of likely N-dealkylation sites (tertiary alicyclic amines) is 1. The van der Waals surface area contributed by atoms with Crippen LogP contribution in [0.4, 0.5) is 20.3 Å². The van der Waals surface area contributed by atoms with E-state index in [-0.39, 0.29) is 46.8 Å². The number of nitrogens with one attached hydrogen (secondary N) is 2. The number of benzene rings is 1. The van der Waals surface area contributed by atoms with Crippen LogP contribution in [0, 0.1) is 23.5 Å². The molecule has 1 unspecified atom stereocenters. The fourth-order valence-electron chi connectivity index (χ4n) is 4.81. The maximum atomic E-state index is 15.0. The molecule has 1 aromatic carbocycles. The minimum atomic E-state index is -0.976. The lowest BCUT2D eigenvalue weighted by molar-refractivity contribution is -0.125. The van der Waals surface area contributed by atoms with E-state index in [0.29, 0.717) is 30.8 Å². The SMILES string of the molecule is C=CC(=O)N1CCC(N2N[C@@H](C#Cc3c(F)c(OC)cc(OC)c3F)c3c(N)ncc(C(=O)NC4CC4)c32)C1. The second kappa shape index (κ2) is 10.4. The number of halogens is 2. The van der Waals surface area contributed by atoms with Gasteiger partial charge in [0.15, 0.2) is 23.1 Å². The van der Waals surface area contributed by atoms with Crippen molar-refractivity contribution in [2.75, 3.05) is 38.1 Å². The molecule has 0 spiro atoms. The number of nitrogen functional groups attached to an aromatic ring is 1. The number of pyridine rings is 1. The summed E-state index contributed by atoms with van der Waals surface area (Å²) in [6, 6.07) is 0.106. The predicted octanol–water partition coefficient (Wildman–Crippen LogP) is 2.06. The largest absolute Gasteiger partial charge is 0.493 e. The van der Waals surface area contributed by atoms with Crippen LogP contribution in [-0.2, 0) is 4.79 Å². The Balaban J connectivity index is 1.58. The van der Waals surface area contributed by atoms with Crippen LogP contribution in [0.5, 0.6) is 11.5 Å². The van der Waals surface area contributed by atoms with E-state index >= 15 is 0 Å². The number of nitrogens with two attached hydrogens (primary N) is 1. The molecule has 2 atom stereocenters. The molecule has 2 aromatic rings. The highest BCUT2D eigenvalue weighted by molar-refractivity contribution is 6.02. The average molecular weight is 539 g/mol.